The first-order chi connectivity index (χ1) is 12.2. The maximum Gasteiger partial charge on any atom is 0.190 e. The first kappa shape index (κ1) is 18.4. The molecule has 3 saturated carbocycles. The van der Waals surface area contributed by atoms with Gasteiger partial charge in [0.25, 0.3) is 0 Å². The van der Waals surface area contributed by atoms with Gasteiger partial charge >= 0.3 is 0 Å². The standard InChI is InChI=1S/C22H32O4/c1-13-10-18-16-5-4-14-11-15(24)6-8-20(14,2)17(16)7-9-21(18,3)22(13,26)19(25)12-23/h11,13,16-18,23,26H,4-10,12H2,1-3H3/t13?,16-,17+,18+,20+,21+,22+/m1/s1. The SMILES string of the molecule is CC1C[C@H]2[C@@H]3CCC4=CC(=O)CC[C@]4(C)[C@H]3CC[C@]2(C)[C@@]1(O)C(=O)CO. The first-order valence-electron chi connectivity index (χ1n) is 10.3. The first-order valence-corrected chi connectivity index (χ1v) is 10.3. The van der Waals surface area contributed by atoms with E-state index in [0.29, 0.717) is 24.2 Å². The largest absolute Gasteiger partial charge is 0.388 e. The number of rotatable bonds is 2. The summed E-state index contributed by atoms with van der Waals surface area (Å²) in [6.07, 6.45) is 8.19. The number of carbonyl (C=O) groups is 2. The fraction of sp³-hybridized carbons (Fsp3) is 0.818. The molecule has 4 rings (SSSR count). The van der Waals surface area contributed by atoms with Gasteiger partial charge in [-0.05, 0) is 73.7 Å². The van der Waals surface area contributed by atoms with Crippen molar-refractivity contribution in [1.82, 2.24) is 0 Å². The number of aliphatic hydroxyl groups excluding tert-OH is 1. The van der Waals surface area contributed by atoms with Crippen LogP contribution < -0.4 is 0 Å². The highest BCUT2D eigenvalue weighted by Gasteiger charge is 2.68. The van der Waals surface area contributed by atoms with Gasteiger partial charge < -0.3 is 10.2 Å². The van der Waals surface area contributed by atoms with Crippen molar-refractivity contribution in [2.45, 2.75) is 71.3 Å². The van der Waals surface area contributed by atoms with E-state index in [2.05, 4.69) is 13.8 Å². The summed E-state index contributed by atoms with van der Waals surface area (Å²) in [6, 6.07) is 0. The van der Waals surface area contributed by atoms with Crippen LogP contribution in [0.4, 0.5) is 0 Å². The zero-order valence-corrected chi connectivity index (χ0v) is 16.3. The molecule has 2 N–H and O–H groups in total. The smallest absolute Gasteiger partial charge is 0.190 e. The minimum atomic E-state index is -1.41. The van der Waals surface area contributed by atoms with Crippen LogP contribution >= 0.6 is 0 Å². The Morgan fingerprint density at radius 2 is 1.92 bits per heavy atom. The van der Waals surface area contributed by atoms with Crippen molar-refractivity contribution >= 4 is 11.6 Å². The topological polar surface area (TPSA) is 74.6 Å². The third-order valence-electron chi connectivity index (χ3n) is 9.11. The highest BCUT2D eigenvalue weighted by Crippen LogP contribution is 2.68. The molecule has 1 unspecified atom stereocenters. The van der Waals surface area contributed by atoms with Gasteiger partial charge in [0.05, 0.1) is 0 Å². The van der Waals surface area contributed by atoms with Crippen molar-refractivity contribution < 1.29 is 19.8 Å². The van der Waals surface area contributed by atoms with E-state index >= 15 is 0 Å². The van der Waals surface area contributed by atoms with Gasteiger partial charge in [0, 0.05) is 11.8 Å². The Balaban J connectivity index is 1.71. The molecular formula is C22H32O4. The zero-order valence-electron chi connectivity index (χ0n) is 16.3. The summed E-state index contributed by atoms with van der Waals surface area (Å²) in [6.45, 7) is 5.82. The molecule has 4 heteroatoms. The van der Waals surface area contributed by atoms with E-state index in [9.17, 15) is 19.8 Å². The predicted molar refractivity (Wildman–Crippen MR) is 98.3 cm³/mol. The highest BCUT2D eigenvalue weighted by molar-refractivity contribution is 5.91. The molecule has 26 heavy (non-hydrogen) atoms. The number of Topliss-reactive ketones (excluding diaryl/α,β-unsaturated/α-hetero) is 1. The Hall–Kier alpha value is -1.00. The third-order valence-corrected chi connectivity index (χ3v) is 9.11. The normalized spacial score (nSPS) is 50.5. The van der Waals surface area contributed by atoms with Gasteiger partial charge in [0.15, 0.2) is 11.6 Å². The van der Waals surface area contributed by atoms with E-state index in [0.717, 1.165) is 38.5 Å². The van der Waals surface area contributed by atoms with Crippen LogP contribution in [0.25, 0.3) is 0 Å². The van der Waals surface area contributed by atoms with Crippen LogP contribution in [-0.4, -0.2) is 34.0 Å². The predicted octanol–water partition coefficient (Wildman–Crippen LogP) is 3.06. The fourth-order valence-corrected chi connectivity index (χ4v) is 7.62. The van der Waals surface area contributed by atoms with Gasteiger partial charge in [0.2, 0.25) is 0 Å². The number of allylic oxidation sites excluding steroid dienone is 1. The van der Waals surface area contributed by atoms with Gasteiger partial charge in [-0.1, -0.05) is 26.3 Å². The summed E-state index contributed by atoms with van der Waals surface area (Å²) in [5.41, 5.74) is -0.415. The highest BCUT2D eigenvalue weighted by atomic mass is 16.3. The molecule has 0 amide bonds. The van der Waals surface area contributed by atoms with E-state index in [-0.39, 0.29) is 17.1 Å². The quantitative estimate of drug-likeness (QED) is 0.794. The summed E-state index contributed by atoms with van der Waals surface area (Å²) in [7, 11) is 0. The number of aliphatic hydroxyl groups is 2. The Morgan fingerprint density at radius 3 is 2.62 bits per heavy atom. The molecule has 0 aromatic rings. The minimum Gasteiger partial charge on any atom is -0.388 e. The summed E-state index contributed by atoms with van der Waals surface area (Å²) in [4.78, 5) is 24.5. The molecule has 144 valence electrons. The van der Waals surface area contributed by atoms with Crippen LogP contribution in [0.5, 0.6) is 0 Å². The van der Waals surface area contributed by atoms with Crippen LogP contribution in [0, 0.1) is 34.5 Å². The molecule has 0 aromatic carbocycles. The second-order valence-electron chi connectivity index (χ2n) is 9.91. The minimum absolute atomic E-state index is 0.100. The van der Waals surface area contributed by atoms with Crippen LogP contribution in [0.2, 0.25) is 0 Å². The lowest BCUT2D eigenvalue weighted by Crippen LogP contribution is -2.59. The van der Waals surface area contributed by atoms with Crippen LogP contribution in [0.3, 0.4) is 0 Å². The molecule has 0 saturated heterocycles. The van der Waals surface area contributed by atoms with E-state index in [4.69, 9.17) is 0 Å². The Labute approximate surface area is 156 Å². The second-order valence-corrected chi connectivity index (χ2v) is 9.91. The van der Waals surface area contributed by atoms with Crippen molar-refractivity contribution in [3.8, 4) is 0 Å². The number of hydrogen-bond acceptors (Lipinski definition) is 4. The molecule has 0 spiro atoms. The molecule has 0 heterocycles. The summed E-state index contributed by atoms with van der Waals surface area (Å²) in [5.74, 6) is 1.09. The molecule has 0 bridgehead atoms. The van der Waals surface area contributed by atoms with E-state index in [1.807, 2.05) is 13.0 Å². The lowest BCUT2D eigenvalue weighted by molar-refractivity contribution is -0.170. The number of ketones is 2. The van der Waals surface area contributed by atoms with Gasteiger partial charge in [-0.15, -0.1) is 0 Å². The van der Waals surface area contributed by atoms with E-state index < -0.39 is 23.4 Å². The van der Waals surface area contributed by atoms with Gasteiger partial charge in [0.1, 0.15) is 12.2 Å². The van der Waals surface area contributed by atoms with E-state index in [1.54, 1.807) is 0 Å². The molecule has 4 aliphatic rings. The molecule has 3 fully saturated rings. The van der Waals surface area contributed by atoms with Crippen LogP contribution in [-0.2, 0) is 9.59 Å². The zero-order chi connectivity index (χ0) is 18.9. The van der Waals surface area contributed by atoms with Gasteiger partial charge in [-0.25, -0.2) is 0 Å². The average Bonchev–Trinajstić information content (AvgIpc) is 2.83. The number of hydrogen-bond donors (Lipinski definition) is 2. The van der Waals surface area contributed by atoms with Crippen molar-refractivity contribution in [1.29, 1.82) is 0 Å². The summed E-state index contributed by atoms with van der Waals surface area (Å²) >= 11 is 0. The Bertz CT molecular complexity index is 682. The monoisotopic (exact) mass is 360 g/mol. The van der Waals surface area contributed by atoms with Crippen LogP contribution in [0.1, 0.15) is 65.7 Å². The number of carbonyl (C=O) groups excluding carboxylic acids is 2. The molecule has 0 aromatic heterocycles. The Morgan fingerprint density at radius 1 is 1.19 bits per heavy atom. The Kier molecular flexibility index (Phi) is 4.06. The lowest BCUT2D eigenvalue weighted by Gasteiger charge is -2.59. The average molecular weight is 360 g/mol. The molecular weight excluding hydrogens is 328 g/mol. The van der Waals surface area contributed by atoms with Crippen molar-refractivity contribution in [2.24, 2.45) is 34.5 Å². The van der Waals surface area contributed by atoms with Crippen molar-refractivity contribution in [2.75, 3.05) is 6.61 Å². The summed E-state index contributed by atoms with van der Waals surface area (Å²) in [5, 5.41) is 20.9. The molecule has 4 aliphatic carbocycles. The van der Waals surface area contributed by atoms with Gasteiger partial charge in [-0.2, -0.15) is 0 Å². The summed E-state index contributed by atoms with van der Waals surface area (Å²) < 4.78 is 0. The number of fused-ring (bicyclic) bond motifs is 5. The van der Waals surface area contributed by atoms with Gasteiger partial charge in [-0.3, -0.25) is 9.59 Å². The molecule has 0 aliphatic heterocycles. The second kappa shape index (κ2) is 5.75. The third kappa shape index (κ3) is 2.09. The fourth-order valence-electron chi connectivity index (χ4n) is 7.62. The lowest BCUT2D eigenvalue weighted by atomic mass is 9.46. The maximum absolute atomic E-state index is 12.5. The van der Waals surface area contributed by atoms with E-state index in [1.165, 1.54) is 5.57 Å². The molecule has 4 nitrogen and oxygen atoms in total. The maximum atomic E-state index is 12.5. The molecule has 7 atom stereocenters. The van der Waals surface area contributed by atoms with Crippen molar-refractivity contribution in [3.05, 3.63) is 11.6 Å². The van der Waals surface area contributed by atoms with Crippen molar-refractivity contribution in [3.63, 3.8) is 0 Å². The molecule has 0 radical (unpaired) electrons. The van der Waals surface area contributed by atoms with Crippen LogP contribution in [0.15, 0.2) is 11.6 Å².